The third kappa shape index (κ3) is 6.22. The van der Waals surface area contributed by atoms with Crippen molar-refractivity contribution in [1.82, 2.24) is 0 Å². The number of hydrogen-bond donors (Lipinski definition) is 0. The molecule has 1 heterocycles. The molecule has 0 amide bonds. The van der Waals surface area contributed by atoms with E-state index < -0.39 is 11.8 Å². The zero-order valence-electron chi connectivity index (χ0n) is 16.5. The lowest BCUT2D eigenvalue weighted by molar-refractivity contribution is -0.272. The molecule has 1 aromatic rings. The van der Waals surface area contributed by atoms with Crippen LogP contribution >= 0.6 is 0 Å². The van der Waals surface area contributed by atoms with Crippen LogP contribution in [0, 0.1) is 5.92 Å². The molecule has 7 nitrogen and oxygen atoms in total. The molecule has 1 aromatic carbocycles. The largest absolute Gasteiger partial charge is 0.497 e. The van der Waals surface area contributed by atoms with Crippen LogP contribution in [-0.2, 0) is 23.8 Å². The maximum atomic E-state index is 11.6. The van der Waals surface area contributed by atoms with Crippen molar-refractivity contribution in [2.45, 2.75) is 38.9 Å². The molecule has 27 heavy (non-hydrogen) atoms. The van der Waals surface area contributed by atoms with E-state index in [-0.39, 0.29) is 5.92 Å². The number of esters is 1. The molecule has 0 bridgehead atoms. The molecule has 0 unspecified atom stereocenters. The Hall–Kier alpha value is -2.12. The number of carbonyl (C=O) groups is 1. The van der Waals surface area contributed by atoms with E-state index in [1.54, 1.807) is 14.0 Å². The Labute approximate surface area is 160 Å². The first-order valence-corrected chi connectivity index (χ1v) is 9.16. The van der Waals surface area contributed by atoms with Gasteiger partial charge in [-0.2, -0.15) is 0 Å². The number of benzene rings is 1. The standard InChI is InChI=1S/C20H29NO6/c1-15(17-8-10-18(23-3)11-9-17)21-27-12-6-5-7-16-13-25-20(2,26-14-16)19(22)24-4/h8-11,16H,5-7,12-14H2,1-4H3/b21-15-. The van der Waals surface area contributed by atoms with E-state index in [0.717, 1.165) is 36.3 Å². The first-order chi connectivity index (χ1) is 13.0. The lowest BCUT2D eigenvalue weighted by atomic mass is 10.0. The van der Waals surface area contributed by atoms with Crippen molar-refractivity contribution in [3.8, 4) is 5.75 Å². The SMILES string of the molecule is COC(=O)C1(C)OCC(CCCCO/N=C(/C)c2ccc(OC)cc2)CO1. The zero-order valence-corrected chi connectivity index (χ0v) is 16.5. The van der Waals surface area contributed by atoms with Crippen molar-refractivity contribution in [3.63, 3.8) is 0 Å². The van der Waals surface area contributed by atoms with Crippen molar-refractivity contribution in [2.24, 2.45) is 11.1 Å². The average molecular weight is 379 g/mol. The highest BCUT2D eigenvalue weighted by molar-refractivity contribution is 5.98. The van der Waals surface area contributed by atoms with Crippen LogP contribution in [0.5, 0.6) is 5.75 Å². The predicted octanol–water partition coefficient (Wildman–Crippen LogP) is 3.16. The van der Waals surface area contributed by atoms with Crippen LogP contribution in [0.2, 0.25) is 0 Å². The molecular formula is C20H29NO6. The summed E-state index contributed by atoms with van der Waals surface area (Å²) >= 11 is 0. The monoisotopic (exact) mass is 379 g/mol. The van der Waals surface area contributed by atoms with Gasteiger partial charge in [-0.15, -0.1) is 0 Å². The first kappa shape index (κ1) is 21.2. The van der Waals surface area contributed by atoms with E-state index in [1.165, 1.54) is 7.11 Å². The Balaban J connectivity index is 1.61. The van der Waals surface area contributed by atoms with Crippen LogP contribution in [0.3, 0.4) is 0 Å². The number of hydrogen-bond acceptors (Lipinski definition) is 7. The molecule has 1 aliphatic rings. The van der Waals surface area contributed by atoms with Gasteiger partial charge < -0.3 is 23.8 Å². The Morgan fingerprint density at radius 3 is 2.44 bits per heavy atom. The minimum Gasteiger partial charge on any atom is -0.497 e. The lowest BCUT2D eigenvalue weighted by Crippen LogP contribution is -2.48. The molecule has 0 aromatic heterocycles. The molecule has 1 fully saturated rings. The van der Waals surface area contributed by atoms with E-state index in [1.807, 2.05) is 31.2 Å². The number of ether oxygens (including phenoxy) is 4. The second-order valence-corrected chi connectivity index (χ2v) is 6.66. The summed E-state index contributed by atoms with van der Waals surface area (Å²) in [5, 5.41) is 4.16. The Bertz CT molecular complexity index is 620. The summed E-state index contributed by atoms with van der Waals surface area (Å²) in [6.45, 7) is 5.03. The fourth-order valence-corrected chi connectivity index (χ4v) is 2.74. The number of unbranched alkanes of at least 4 members (excludes halogenated alkanes) is 1. The van der Waals surface area contributed by atoms with Crippen LogP contribution in [0.15, 0.2) is 29.4 Å². The summed E-state index contributed by atoms with van der Waals surface area (Å²) in [6, 6.07) is 7.69. The maximum absolute atomic E-state index is 11.6. The molecule has 7 heteroatoms. The molecule has 0 radical (unpaired) electrons. The minimum atomic E-state index is -1.28. The quantitative estimate of drug-likeness (QED) is 0.284. The molecule has 0 spiro atoms. The highest BCUT2D eigenvalue weighted by atomic mass is 16.7. The van der Waals surface area contributed by atoms with Gasteiger partial charge in [0.25, 0.3) is 5.79 Å². The van der Waals surface area contributed by atoms with Crippen LogP contribution < -0.4 is 4.74 Å². The van der Waals surface area contributed by atoms with E-state index in [9.17, 15) is 4.79 Å². The van der Waals surface area contributed by atoms with E-state index in [2.05, 4.69) is 5.16 Å². The molecule has 1 saturated heterocycles. The number of nitrogens with zero attached hydrogens (tertiary/aromatic N) is 1. The van der Waals surface area contributed by atoms with Crippen molar-refractivity contribution in [3.05, 3.63) is 29.8 Å². The van der Waals surface area contributed by atoms with Gasteiger partial charge in [-0.05, 0) is 56.0 Å². The van der Waals surface area contributed by atoms with Gasteiger partial charge in [0.2, 0.25) is 0 Å². The average Bonchev–Trinajstić information content (AvgIpc) is 2.71. The topological polar surface area (TPSA) is 75.6 Å². The Morgan fingerprint density at radius 2 is 1.85 bits per heavy atom. The minimum absolute atomic E-state index is 0.271. The van der Waals surface area contributed by atoms with E-state index >= 15 is 0 Å². The third-order valence-electron chi connectivity index (χ3n) is 4.55. The number of oxime groups is 1. The van der Waals surface area contributed by atoms with Gasteiger partial charge in [0.05, 0.1) is 33.1 Å². The van der Waals surface area contributed by atoms with E-state index in [0.29, 0.717) is 19.8 Å². The van der Waals surface area contributed by atoms with Gasteiger partial charge >= 0.3 is 5.97 Å². The Kier molecular flexibility index (Phi) is 8.06. The van der Waals surface area contributed by atoms with E-state index in [4.69, 9.17) is 23.8 Å². The van der Waals surface area contributed by atoms with Crippen LogP contribution in [0.25, 0.3) is 0 Å². The Morgan fingerprint density at radius 1 is 1.19 bits per heavy atom. The summed E-state index contributed by atoms with van der Waals surface area (Å²) in [7, 11) is 2.97. The van der Waals surface area contributed by atoms with Gasteiger partial charge in [-0.1, -0.05) is 5.16 Å². The van der Waals surface area contributed by atoms with Gasteiger partial charge in [0.15, 0.2) is 0 Å². The lowest BCUT2D eigenvalue weighted by Gasteiger charge is -2.35. The summed E-state index contributed by atoms with van der Waals surface area (Å²) < 4.78 is 20.9. The molecule has 2 rings (SSSR count). The molecule has 0 atom stereocenters. The van der Waals surface area contributed by atoms with Gasteiger partial charge in [-0.3, -0.25) is 0 Å². The zero-order chi connectivity index (χ0) is 19.7. The fraction of sp³-hybridized carbons (Fsp3) is 0.600. The summed E-state index contributed by atoms with van der Waals surface area (Å²) in [6.07, 6.45) is 2.81. The molecule has 0 N–H and O–H groups in total. The second kappa shape index (κ2) is 10.3. The van der Waals surface area contributed by atoms with Crippen molar-refractivity contribution >= 4 is 11.7 Å². The summed E-state index contributed by atoms with van der Waals surface area (Å²) in [5.41, 5.74) is 1.83. The second-order valence-electron chi connectivity index (χ2n) is 6.66. The number of rotatable bonds is 9. The highest BCUT2D eigenvalue weighted by Crippen LogP contribution is 2.25. The maximum Gasteiger partial charge on any atom is 0.366 e. The van der Waals surface area contributed by atoms with Crippen LogP contribution in [0.4, 0.5) is 0 Å². The fourth-order valence-electron chi connectivity index (χ4n) is 2.74. The number of methoxy groups -OCH3 is 2. The van der Waals surface area contributed by atoms with Crippen LogP contribution in [-0.4, -0.2) is 51.5 Å². The summed E-state index contributed by atoms with van der Waals surface area (Å²) in [5.74, 6) is -0.691. The molecule has 1 aliphatic heterocycles. The molecule has 0 aliphatic carbocycles. The van der Waals surface area contributed by atoms with Crippen molar-refractivity contribution in [1.29, 1.82) is 0 Å². The van der Waals surface area contributed by atoms with Gasteiger partial charge in [-0.25, -0.2) is 4.79 Å². The number of carbonyl (C=O) groups excluding carboxylic acids is 1. The van der Waals surface area contributed by atoms with Crippen LogP contribution in [0.1, 0.15) is 38.7 Å². The van der Waals surface area contributed by atoms with Gasteiger partial charge in [0, 0.05) is 12.8 Å². The smallest absolute Gasteiger partial charge is 0.366 e. The highest BCUT2D eigenvalue weighted by Gasteiger charge is 2.41. The predicted molar refractivity (Wildman–Crippen MR) is 101 cm³/mol. The molecule has 150 valence electrons. The van der Waals surface area contributed by atoms with Crippen molar-refractivity contribution in [2.75, 3.05) is 34.0 Å². The third-order valence-corrected chi connectivity index (χ3v) is 4.55. The van der Waals surface area contributed by atoms with Gasteiger partial charge in [0.1, 0.15) is 12.4 Å². The normalized spacial score (nSPS) is 23.0. The first-order valence-electron chi connectivity index (χ1n) is 9.16. The molecule has 0 saturated carbocycles. The molecular weight excluding hydrogens is 350 g/mol. The summed E-state index contributed by atoms with van der Waals surface area (Å²) in [4.78, 5) is 17.0. The van der Waals surface area contributed by atoms with Crippen molar-refractivity contribution < 1.29 is 28.6 Å².